The van der Waals surface area contributed by atoms with Gasteiger partial charge in [-0.05, 0) is 61.3 Å². The van der Waals surface area contributed by atoms with Crippen LogP contribution >= 0.6 is 11.6 Å². The van der Waals surface area contributed by atoms with Crippen LogP contribution in [0.5, 0.6) is 0 Å². The van der Waals surface area contributed by atoms with E-state index < -0.39 is 18.9 Å². The Labute approximate surface area is 171 Å². The monoisotopic (exact) mass is 405 g/mol. The minimum Gasteiger partial charge on any atom is -0.465 e. The lowest BCUT2D eigenvalue weighted by Crippen LogP contribution is -2.35. The first kappa shape index (κ1) is 22.4. The van der Waals surface area contributed by atoms with Crippen LogP contribution in [-0.4, -0.2) is 30.6 Å². The van der Waals surface area contributed by atoms with E-state index in [1.165, 1.54) is 12.1 Å². The second-order valence-electron chi connectivity index (χ2n) is 7.07. The molecule has 0 saturated carbocycles. The van der Waals surface area contributed by atoms with Crippen molar-refractivity contribution in [1.29, 1.82) is 0 Å². The van der Waals surface area contributed by atoms with Gasteiger partial charge in [0, 0.05) is 10.6 Å². The molecule has 0 radical (unpaired) electrons. The highest BCUT2D eigenvalue weighted by atomic mass is 35.5. The van der Waals surface area contributed by atoms with Crippen molar-refractivity contribution in [3.05, 3.63) is 58.9 Å². The van der Waals surface area contributed by atoms with Crippen LogP contribution < -0.4 is 5.73 Å². The van der Waals surface area contributed by atoms with Crippen LogP contribution in [0.1, 0.15) is 18.9 Å². The number of carbonyl (C=O) groups is 1. The Balaban J connectivity index is 2.11. The first-order valence-corrected chi connectivity index (χ1v) is 9.82. The Morgan fingerprint density at radius 1 is 1.29 bits per heavy atom. The van der Waals surface area contributed by atoms with Crippen LogP contribution in [-0.2, 0) is 16.0 Å². The van der Waals surface area contributed by atoms with Crippen molar-refractivity contribution >= 4 is 24.5 Å². The number of esters is 1. The number of carbonyl (C=O) groups excluding carboxylic acids is 1. The number of halogens is 2. The summed E-state index contributed by atoms with van der Waals surface area (Å²) in [4.78, 5) is 11.8. The van der Waals surface area contributed by atoms with E-state index in [1.807, 2.05) is 24.3 Å². The van der Waals surface area contributed by atoms with E-state index in [0.717, 1.165) is 11.1 Å². The Bertz CT molecular complexity index is 786. The van der Waals surface area contributed by atoms with Crippen molar-refractivity contribution in [3.63, 3.8) is 0 Å². The molecule has 0 amide bonds. The van der Waals surface area contributed by atoms with Gasteiger partial charge in [0.05, 0.1) is 6.61 Å². The zero-order valence-corrected chi connectivity index (χ0v) is 17.0. The van der Waals surface area contributed by atoms with Crippen molar-refractivity contribution in [2.24, 2.45) is 11.7 Å². The van der Waals surface area contributed by atoms with Gasteiger partial charge in [-0.15, -0.1) is 0 Å². The van der Waals surface area contributed by atoms with Crippen LogP contribution in [0, 0.1) is 11.7 Å². The Morgan fingerprint density at radius 3 is 2.57 bits per heavy atom. The SMILES string of the molecule is CCOC(=O)[C@H](N)C[C@H](CB(C)O)Cc1ccc(-c2cc(Cl)ccc2F)cc1. The molecule has 0 aromatic heterocycles. The van der Waals surface area contributed by atoms with Crippen molar-refractivity contribution < 1.29 is 18.9 Å². The summed E-state index contributed by atoms with van der Waals surface area (Å²) in [5.41, 5.74) is 8.16. The lowest BCUT2D eigenvalue weighted by molar-refractivity contribution is -0.145. The second kappa shape index (κ2) is 10.6. The molecule has 0 fully saturated rings. The molecule has 4 nitrogen and oxygen atoms in total. The molecular formula is C21H26BClFNO3. The third-order valence-corrected chi connectivity index (χ3v) is 4.80. The molecule has 0 bridgehead atoms. The highest BCUT2D eigenvalue weighted by Crippen LogP contribution is 2.27. The van der Waals surface area contributed by atoms with Crippen LogP contribution in [0.2, 0.25) is 18.2 Å². The fourth-order valence-electron chi connectivity index (χ4n) is 3.32. The predicted octanol–water partition coefficient (Wildman–Crippen LogP) is 4.20. The Hall–Kier alpha value is -1.89. The van der Waals surface area contributed by atoms with Gasteiger partial charge in [-0.3, -0.25) is 4.79 Å². The third kappa shape index (κ3) is 6.62. The fraction of sp³-hybridized carbons (Fsp3) is 0.381. The van der Waals surface area contributed by atoms with Crippen molar-refractivity contribution in [1.82, 2.24) is 0 Å². The summed E-state index contributed by atoms with van der Waals surface area (Å²) < 4.78 is 19.0. The molecule has 150 valence electrons. The topological polar surface area (TPSA) is 72.5 Å². The third-order valence-electron chi connectivity index (χ3n) is 4.57. The molecule has 2 aromatic rings. The van der Waals surface area contributed by atoms with Gasteiger partial charge < -0.3 is 15.5 Å². The molecule has 0 spiro atoms. The lowest BCUT2D eigenvalue weighted by atomic mass is 9.62. The van der Waals surface area contributed by atoms with Crippen molar-refractivity contribution in [3.8, 4) is 11.1 Å². The average Bonchev–Trinajstić information content (AvgIpc) is 2.64. The van der Waals surface area contributed by atoms with Gasteiger partial charge in [0.15, 0.2) is 0 Å². The number of ether oxygens (including phenoxy) is 1. The standard InChI is InChI=1S/C21H26BClFNO3/c1-3-28-21(26)20(25)11-15(13-22(2)27)10-14-4-6-16(7-5-14)18-12-17(23)8-9-19(18)24/h4-9,12,15,20,27H,3,10-11,13,25H2,1-2H3/t15-,20-/m1/s1. The number of hydrogen-bond acceptors (Lipinski definition) is 4. The van der Waals surface area contributed by atoms with Gasteiger partial charge in [-0.2, -0.15) is 0 Å². The number of nitrogens with two attached hydrogens (primary N) is 1. The summed E-state index contributed by atoms with van der Waals surface area (Å²) in [5, 5.41) is 10.3. The van der Waals surface area contributed by atoms with Crippen LogP contribution in [0.25, 0.3) is 11.1 Å². The fourth-order valence-corrected chi connectivity index (χ4v) is 3.49. The van der Waals surface area contributed by atoms with E-state index in [0.29, 0.717) is 29.7 Å². The molecule has 3 N–H and O–H groups in total. The molecular weight excluding hydrogens is 379 g/mol. The molecule has 2 atom stereocenters. The van der Waals surface area contributed by atoms with E-state index in [9.17, 15) is 14.2 Å². The van der Waals surface area contributed by atoms with E-state index in [-0.39, 0.29) is 18.3 Å². The minimum absolute atomic E-state index is 0.0214. The molecule has 7 heteroatoms. The molecule has 0 heterocycles. The molecule has 28 heavy (non-hydrogen) atoms. The second-order valence-corrected chi connectivity index (χ2v) is 7.51. The van der Waals surface area contributed by atoms with Gasteiger partial charge in [0.25, 0.3) is 6.92 Å². The van der Waals surface area contributed by atoms with Crippen molar-refractivity contribution in [2.45, 2.75) is 39.0 Å². The quantitative estimate of drug-likeness (QED) is 0.484. The maximum atomic E-state index is 14.0. The van der Waals surface area contributed by atoms with E-state index in [1.54, 1.807) is 19.8 Å². The molecule has 0 aliphatic rings. The smallest absolute Gasteiger partial charge is 0.322 e. The highest BCUT2D eigenvalue weighted by molar-refractivity contribution is 6.48. The maximum Gasteiger partial charge on any atom is 0.322 e. The summed E-state index contributed by atoms with van der Waals surface area (Å²) in [5.74, 6) is -0.734. The van der Waals surface area contributed by atoms with Gasteiger partial charge in [0.1, 0.15) is 11.9 Å². The van der Waals surface area contributed by atoms with E-state index in [4.69, 9.17) is 22.1 Å². The molecule has 0 aliphatic heterocycles. The minimum atomic E-state index is -0.719. The normalized spacial score (nSPS) is 13.1. The van der Waals surface area contributed by atoms with Crippen LogP contribution in [0.3, 0.4) is 0 Å². The number of benzene rings is 2. The van der Waals surface area contributed by atoms with Crippen LogP contribution in [0.4, 0.5) is 4.39 Å². The Morgan fingerprint density at radius 2 is 1.96 bits per heavy atom. The van der Waals surface area contributed by atoms with Gasteiger partial charge in [-0.25, -0.2) is 4.39 Å². The van der Waals surface area contributed by atoms with Gasteiger partial charge >= 0.3 is 5.97 Å². The molecule has 0 saturated heterocycles. The van der Waals surface area contributed by atoms with Crippen LogP contribution in [0.15, 0.2) is 42.5 Å². The number of hydrogen-bond donors (Lipinski definition) is 2. The predicted molar refractivity (Wildman–Crippen MR) is 112 cm³/mol. The maximum absolute atomic E-state index is 14.0. The number of rotatable bonds is 9. The van der Waals surface area contributed by atoms with E-state index >= 15 is 0 Å². The largest absolute Gasteiger partial charge is 0.465 e. The van der Waals surface area contributed by atoms with Crippen molar-refractivity contribution in [2.75, 3.05) is 6.61 Å². The van der Waals surface area contributed by atoms with E-state index in [2.05, 4.69) is 0 Å². The summed E-state index contributed by atoms with van der Waals surface area (Å²) in [6, 6.07) is 11.3. The highest BCUT2D eigenvalue weighted by Gasteiger charge is 2.23. The summed E-state index contributed by atoms with van der Waals surface area (Å²) in [6.07, 6.45) is 1.60. The molecule has 2 rings (SSSR count). The summed E-state index contributed by atoms with van der Waals surface area (Å²) in [6.45, 7) is 3.24. The molecule has 0 aliphatic carbocycles. The first-order chi connectivity index (χ1) is 13.3. The zero-order valence-electron chi connectivity index (χ0n) is 16.2. The molecule has 0 unspecified atom stereocenters. The molecule has 2 aromatic carbocycles. The first-order valence-electron chi connectivity index (χ1n) is 9.44. The Kier molecular flexibility index (Phi) is 8.48. The summed E-state index contributed by atoms with van der Waals surface area (Å²) >= 11 is 5.97. The average molecular weight is 406 g/mol. The zero-order chi connectivity index (χ0) is 20.7. The summed E-state index contributed by atoms with van der Waals surface area (Å²) in [7, 11) is 0. The van der Waals surface area contributed by atoms with Gasteiger partial charge in [-0.1, -0.05) is 42.7 Å². The lowest BCUT2D eigenvalue weighted by Gasteiger charge is -2.21. The van der Waals surface area contributed by atoms with Gasteiger partial charge in [0.2, 0.25) is 0 Å².